The highest BCUT2D eigenvalue weighted by Gasteiger charge is 2.16. The van der Waals surface area contributed by atoms with Crippen LogP contribution in [0.4, 0.5) is 0 Å². The zero-order valence-corrected chi connectivity index (χ0v) is 12.0. The number of carbonyl (C=O) groups is 2. The van der Waals surface area contributed by atoms with Crippen LogP contribution in [0.3, 0.4) is 0 Å². The monoisotopic (exact) mass is 279 g/mol. The number of rotatable bonds is 7. The molecular formula is C15H21NO4. The zero-order valence-electron chi connectivity index (χ0n) is 12.0. The maximum absolute atomic E-state index is 11.7. The average Bonchev–Trinajstić information content (AvgIpc) is 2.44. The van der Waals surface area contributed by atoms with Crippen LogP contribution in [0.25, 0.3) is 0 Å². The molecule has 0 aromatic heterocycles. The van der Waals surface area contributed by atoms with Crippen LogP contribution < -0.4 is 0 Å². The van der Waals surface area contributed by atoms with E-state index in [-0.39, 0.29) is 17.7 Å². The molecule has 0 aliphatic rings. The Labute approximate surface area is 119 Å². The molecule has 0 amide bonds. The lowest BCUT2D eigenvalue weighted by Gasteiger charge is -2.17. The Bertz CT molecular complexity index is 455. The zero-order chi connectivity index (χ0) is 15.0. The first kappa shape index (κ1) is 16.2. The van der Waals surface area contributed by atoms with Gasteiger partial charge < -0.3 is 14.7 Å². The van der Waals surface area contributed by atoms with E-state index in [1.54, 1.807) is 12.1 Å². The number of hydrogen-bond donors (Lipinski definition) is 1. The fourth-order valence-corrected chi connectivity index (χ4v) is 1.84. The van der Waals surface area contributed by atoms with Crippen molar-refractivity contribution in [3.05, 3.63) is 29.8 Å². The molecule has 20 heavy (non-hydrogen) atoms. The van der Waals surface area contributed by atoms with Crippen molar-refractivity contribution in [2.45, 2.75) is 26.7 Å². The summed E-state index contributed by atoms with van der Waals surface area (Å²) >= 11 is 0. The van der Waals surface area contributed by atoms with Crippen LogP contribution in [0, 0.1) is 0 Å². The summed E-state index contributed by atoms with van der Waals surface area (Å²) in [5.41, 5.74) is 0.00425. The predicted octanol–water partition coefficient (Wildman–Crippen LogP) is 2.20. The number of ether oxygens (including phenoxy) is 1. The molecule has 0 radical (unpaired) electrons. The molecule has 0 saturated carbocycles. The number of aromatic hydroxyl groups is 1. The highest BCUT2D eigenvalue weighted by atomic mass is 16.6. The standard InChI is InChI=1S/C15H21NO4/c1-3-16(4-2)11-7-10-14(18)20-15(19)12-8-5-6-9-13(12)17/h5-6,8-9,17H,3-4,7,10-11H2,1-2H3. The molecule has 1 aromatic carbocycles. The Morgan fingerprint density at radius 3 is 2.45 bits per heavy atom. The minimum Gasteiger partial charge on any atom is -0.507 e. The number of phenols is 1. The predicted molar refractivity (Wildman–Crippen MR) is 75.6 cm³/mol. The van der Waals surface area contributed by atoms with Crippen molar-refractivity contribution in [2.24, 2.45) is 0 Å². The maximum atomic E-state index is 11.7. The van der Waals surface area contributed by atoms with Crippen LogP contribution in [0.2, 0.25) is 0 Å². The molecule has 0 bridgehead atoms. The van der Waals surface area contributed by atoms with E-state index in [0.717, 1.165) is 19.6 Å². The van der Waals surface area contributed by atoms with Gasteiger partial charge in [-0.25, -0.2) is 4.79 Å². The Morgan fingerprint density at radius 2 is 1.85 bits per heavy atom. The molecule has 1 rings (SSSR count). The molecule has 0 saturated heterocycles. The van der Waals surface area contributed by atoms with E-state index < -0.39 is 11.9 Å². The first-order valence-electron chi connectivity index (χ1n) is 6.83. The Kier molecular flexibility index (Phi) is 6.73. The summed E-state index contributed by atoms with van der Waals surface area (Å²) in [5.74, 6) is -1.56. The van der Waals surface area contributed by atoms with Gasteiger partial charge in [-0.2, -0.15) is 0 Å². The minimum atomic E-state index is -0.809. The third-order valence-electron chi connectivity index (χ3n) is 3.08. The summed E-state index contributed by atoms with van der Waals surface area (Å²) in [5, 5.41) is 9.49. The SMILES string of the molecule is CCN(CC)CCCC(=O)OC(=O)c1ccccc1O. The van der Waals surface area contributed by atoms with Gasteiger partial charge in [0.15, 0.2) is 0 Å². The van der Waals surface area contributed by atoms with E-state index in [4.69, 9.17) is 4.74 Å². The van der Waals surface area contributed by atoms with E-state index in [0.29, 0.717) is 6.42 Å². The lowest BCUT2D eigenvalue weighted by atomic mass is 10.2. The number of hydrogen-bond acceptors (Lipinski definition) is 5. The van der Waals surface area contributed by atoms with E-state index in [1.807, 2.05) is 0 Å². The van der Waals surface area contributed by atoms with Crippen molar-refractivity contribution in [1.82, 2.24) is 4.90 Å². The van der Waals surface area contributed by atoms with Gasteiger partial charge in [0.1, 0.15) is 11.3 Å². The first-order chi connectivity index (χ1) is 9.58. The van der Waals surface area contributed by atoms with Crippen molar-refractivity contribution in [1.29, 1.82) is 0 Å². The number of para-hydroxylation sites is 1. The van der Waals surface area contributed by atoms with Crippen LogP contribution in [-0.2, 0) is 9.53 Å². The van der Waals surface area contributed by atoms with Crippen LogP contribution in [0.1, 0.15) is 37.0 Å². The van der Waals surface area contributed by atoms with Gasteiger partial charge in [0.25, 0.3) is 0 Å². The van der Waals surface area contributed by atoms with Gasteiger partial charge in [0.2, 0.25) is 0 Å². The molecule has 0 unspecified atom stereocenters. The molecule has 0 aliphatic carbocycles. The summed E-state index contributed by atoms with van der Waals surface area (Å²) < 4.78 is 4.71. The Hall–Kier alpha value is -1.88. The number of carbonyl (C=O) groups excluding carboxylic acids is 2. The van der Waals surface area contributed by atoms with Crippen molar-refractivity contribution in [3.8, 4) is 5.75 Å². The molecule has 0 spiro atoms. The third kappa shape index (κ3) is 5.01. The van der Waals surface area contributed by atoms with E-state index in [1.165, 1.54) is 12.1 Å². The van der Waals surface area contributed by atoms with Crippen LogP contribution in [0.5, 0.6) is 5.75 Å². The van der Waals surface area contributed by atoms with Crippen molar-refractivity contribution < 1.29 is 19.4 Å². The molecule has 0 atom stereocenters. The fourth-order valence-electron chi connectivity index (χ4n) is 1.84. The number of benzene rings is 1. The molecule has 1 N–H and O–H groups in total. The van der Waals surface area contributed by atoms with Crippen molar-refractivity contribution in [3.63, 3.8) is 0 Å². The smallest absolute Gasteiger partial charge is 0.349 e. The molecule has 110 valence electrons. The van der Waals surface area contributed by atoms with Crippen LogP contribution >= 0.6 is 0 Å². The summed E-state index contributed by atoms with van der Waals surface area (Å²) in [7, 11) is 0. The number of nitrogens with zero attached hydrogens (tertiary/aromatic N) is 1. The fraction of sp³-hybridized carbons (Fsp3) is 0.467. The van der Waals surface area contributed by atoms with Gasteiger partial charge in [-0.05, 0) is 38.2 Å². The lowest BCUT2D eigenvalue weighted by Crippen LogP contribution is -2.24. The molecule has 5 nitrogen and oxygen atoms in total. The van der Waals surface area contributed by atoms with Crippen LogP contribution in [-0.4, -0.2) is 41.6 Å². The second kappa shape index (κ2) is 8.32. The third-order valence-corrected chi connectivity index (χ3v) is 3.08. The van der Waals surface area contributed by atoms with E-state index in [9.17, 15) is 14.7 Å². The largest absolute Gasteiger partial charge is 0.507 e. The number of phenolic OH excluding ortho intramolecular Hbond substituents is 1. The highest BCUT2D eigenvalue weighted by molar-refractivity contribution is 5.98. The normalized spacial score (nSPS) is 10.6. The summed E-state index contributed by atoms with van der Waals surface area (Å²) in [6, 6.07) is 5.99. The molecule has 0 aliphatic heterocycles. The van der Waals surface area contributed by atoms with Gasteiger partial charge in [0, 0.05) is 6.42 Å². The van der Waals surface area contributed by atoms with Gasteiger partial charge in [-0.15, -0.1) is 0 Å². The van der Waals surface area contributed by atoms with Gasteiger partial charge in [-0.1, -0.05) is 26.0 Å². The highest BCUT2D eigenvalue weighted by Crippen LogP contribution is 2.16. The topological polar surface area (TPSA) is 66.8 Å². The molecule has 1 aromatic rings. The Balaban J connectivity index is 2.39. The molecule has 0 heterocycles. The van der Waals surface area contributed by atoms with Gasteiger partial charge in [0.05, 0.1) is 0 Å². The lowest BCUT2D eigenvalue weighted by molar-refractivity contribution is -0.138. The molecule has 5 heteroatoms. The second-order valence-corrected chi connectivity index (χ2v) is 4.41. The van der Waals surface area contributed by atoms with Crippen molar-refractivity contribution in [2.75, 3.05) is 19.6 Å². The molecular weight excluding hydrogens is 258 g/mol. The summed E-state index contributed by atoms with van der Waals surface area (Å²) in [6.45, 7) is 6.78. The maximum Gasteiger partial charge on any atom is 0.349 e. The summed E-state index contributed by atoms with van der Waals surface area (Å²) in [6.07, 6.45) is 0.838. The van der Waals surface area contributed by atoms with E-state index >= 15 is 0 Å². The summed E-state index contributed by atoms with van der Waals surface area (Å²) in [4.78, 5) is 25.4. The quantitative estimate of drug-likeness (QED) is 0.612. The Morgan fingerprint density at radius 1 is 1.20 bits per heavy atom. The van der Waals surface area contributed by atoms with Crippen LogP contribution in [0.15, 0.2) is 24.3 Å². The van der Waals surface area contributed by atoms with Gasteiger partial charge >= 0.3 is 11.9 Å². The second-order valence-electron chi connectivity index (χ2n) is 4.41. The van der Waals surface area contributed by atoms with Gasteiger partial charge in [-0.3, -0.25) is 4.79 Å². The van der Waals surface area contributed by atoms with E-state index in [2.05, 4.69) is 18.7 Å². The molecule has 0 fully saturated rings. The number of esters is 2. The minimum absolute atomic E-state index is 0.00425. The first-order valence-corrected chi connectivity index (χ1v) is 6.83. The van der Waals surface area contributed by atoms with Crippen molar-refractivity contribution >= 4 is 11.9 Å². The average molecular weight is 279 g/mol.